The monoisotopic (exact) mass is 232 g/mol. The summed E-state index contributed by atoms with van der Waals surface area (Å²) in [7, 11) is 0. The van der Waals surface area contributed by atoms with Gasteiger partial charge in [-0.1, -0.05) is 16.7 Å². The van der Waals surface area contributed by atoms with Crippen molar-refractivity contribution >= 4 is 23.2 Å². The molecule has 1 heterocycles. The van der Waals surface area contributed by atoms with Crippen LogP contribution in [0.5, 0.6) is 0 Å². The van der Waals surface area contributed by atoms with Crippen molar-refractivity contribution in [1.29, 1.82) is 0 Å². The van der Waals surface area contributed by atoms with Crippen molar-refractivity contribution in [1.82, 2.24) is 10.2 Å². The molecule has 0 saturated carbocycles. The molecule has 0 aliphatic rings. The molecule has 6 heteroatoms. The van der Waals surface area contributed by atoms with E-state index in [9.17, 15) is 4.39 Å². The quantitative estimate of drug-likeness (QED) is 0.759. The van der Waals surface area contributed by atoms with E-state index in [0.29, 0.717) is 5.02 Å². The number of hydrogen-bond donors (Lipinski definition) is 0. The van der Waals surface area contributed by atoms with Crippen molar-refractivity contribution in [2.75, 3.05) is 0 Å². The van der Waals surface area contributed by atoms with Crippen LogP contribution in [0.25, 0.3) is 11.5 Å². The van der Waals surface area contributed by atoms with E-state index in [1.165, 1.54) is 18.2 Å². The fraction of sp³-hybridized carbons (Fsp3) is 0. The number of hydrogen-bond acceptors (Lipinski definition) is 3. The minimum Gasteiger partial charge on any atom is -0.407 e. The molecule has 0 bridgehead atoms. The highest BCUT2D eigenvalue weighted by atomic mass is 35.5. The van der Waals surface area contributed by atoms with E-state index in [0.717, 1.165) is 0 Å². The van der Waals surface area contributed by atoms with Crippen LogP contribution in [0.2, 0.25) is 10.4 Å². The van der Waals surface area contributed by atoms with Crippen LogP contribution in [0.1, 0.15) is 0 Å². The normalized spacial score (nSPS) is 10.5. The zero-order valence-electron chi connectivity index (χ0n) is 6.67. The average Bonchev–Trinajstić information content (AvgIpc) is 2.56. The molecule has 0 spiro atoms. The molecular weight excluding hydrogens is 230 g/mol. The van der Waals surface area contributed by atoms with Crippen molar-refractivity contribution in [3.63, 3.8) is 0 Å². The molecule has 3 nitrogen and oxygen atoms in total. The Hall–Kier alpha value is -1.13. The zero-order chi connectivity index (χ0) is 10.1. The Morgan fingerprint density at radius 3 is 2.64 bits per heavy atom. The summed E-state index contributed by atoms with van der Waals surface area (Å²) in [4.78, 5) is 0. The fourth-order valence-electron chi connectivity index (χ4n) is 0.976. The predicted octanol–water partition coefficient (Wildman–Crippen LogP) is 3.18. The summed E-state index contributed by atoms with van der Waals surface area (Å²) < 4.78 is 18.1. The van der Waals surface area contributed by atoms with E-state index in [-0.39, 0.29) is 16.8 Å². The molecule has 2 rings (SSSR count). The second kappa shape index (κ2) is 3.55. The molecule has 0 atom stereocenters. The zero-order valence-corrected chi connectivity index (χ0v) is 8.18. The van der Waals surface area contributed by atoms with Crippen LogP contribution in [0, 0.1) is 5.82 Å². The molecule has 72 valence electrons. The van der Waals surface area contributed by atoms with Gasteiger partial charge in [0.1, 0.15) is 5.82 Å². The van der Waals surface area contributed by atoms with Gasteiger partial charge >= 0.3 is 5.35 Å². The lowest BCUT2D eigenvalue weighted by Gasteiger charge is -1.97. The van der Waals surface area contributed by atoms with E-state index in [1.54, 1.807) is 0 Å². The molecule has 1 aromatic carbocycles. The summed E-state index contributed by atoms with van der Waals surface area (Å²) >= 11 is 11.1. The van der Waals surface area contributed by atoms with Gasteiger partial charge in [-0.2, -0.15) is 0 Å². The third-order valence-electron chi connectivity index (χ3n) is 1.56. The SMILES string of the molecule is Fc1ccc(Cl)cc1-c1nnc(Cl)o1. The number of nitrogens with zero attached hydrogens (tertiary/aromatic N) is 2. The summed E-state index contributed by atoms with van der Waals surface area (Å²) in [5.74, 6) is -0.482. The Morgan fingerprint density at radius 2 is 2.00 bits per heavy atom. The molecule has 2 aromatic rings. The Kier molecular flexibility index (Phi) is 2.39. The van der Waals surface area contributed by atoms with Crippen molar-refractivity contribution in [2.45, 2.75) is 0 Å². The standard InChI is InChI=1S/C8H3Cl2FN2O/c9-4-1-2-6(11)5(3-4)7-12-13-8(10)14-7/h1-3H. The number of benzene rings is 1. The first kappa shape index (κ1) is 9.43. The molecule has 0 fully saturated rings. The largest absolute Gasteiger partial charge is 0.407 e. The summed E-state index contributed by atoms with van der Waals surface area (Å²) in [5.41, 5.74) is 0.136. The smallest absolute Gasteiger partial charge is 0.313 e. The van der Waals surface area contributed by atoms with Crippen LogP contribution in [0.4, 0.5) is 4.39 Å². The summed E-state index contributed by atoms with van der Waals surface area (Å²) in [6.45, 7) is 0. The third-order valence-corrected chi connectivity index (χ3v) is 1.95. The predicted molar refractivity (Wildman–Crippen MR) is 49.7 cm³/mol. The maximum Gasteiger partial charge on any atom is 0.313 e. The number of rotatable bonds is 1. The molecular formula is C8H3Cl2FN2O. The van der Waals surface area contributed by atoms with Gasteiger partial charge in [0.2, 0.25) is 0 Å². The summed E-state index contributed by atoms with van der Waals surface area (Å²) in [6.07, 6.45) is 0. The highest BCUT2D eigenvalue weighted by Gasteiger charge is 2.12. The van der Waals surface area contributed by atoms with Crippen LogP contribution in [0.3, 0.4) is 0 Å². The Bertz CT molecular complexity index is 472. The van der Waals surface area contributed by atoms with Gasteiger partial charge in [0.15, 0.2) is 0 Å². The molecule has 0 unspecified atom stereocenters. The van der Waals surface area contributed by atoms with Crippen molar-refractivity contribution < 1.29 is 8.81 Å². The van der Waals surface area contributed by atoms with E-state index in [4.69, 9.17) is 27.6 Å². The summed E-state index contributed by atoms with van der Waals surface area (Å²) in [6, 6.07) is 4.04. The molecule has 0 aliphatic heterocycles. The van der Waals surface area contributed by atoms with E-state index >= 15 is 0 Å². The Morgan fingerprint density at radius 1 is 1.21 bits per heavy atom. The van der Waals surface area contributed by atoms with E-state index in [1.807, 2.05) is 0 Å². The van der Waals surface area contributed by atoms with Crippen molar-refractivity contribution in [3.05, 3.63) is 34.4 Å². The van der Waals surface area contributed by atoms with Crippen LogP contribution in [0.15, 0.2) is 22.6 Å². The molecule has 1 aromatic heterocycles. The van der Waals surface area contributed by atoms with Crippen molar-refractivity contribution in [3.8, 4) is 11.5 Å². The van der Waals surface area contributed by atoms with Gasteiger partial charge in [-0.15, -0.1) is 5.10 Å². The number of aromatic nitrogens is 2. The minimum absolute atomic E-state index is 0.00926. The van der Waals surface area contributed by atoms with Gasteiger partial charge in [0.05, 0.1) is 5.56 Å². The lowest BCUT2D eigenvalue weighted by molar-refractivity contribution is 0.559. The second-order valence-corrected chi connectivity index (χ2v) is 3.24. The first-order valence-corrected chi connectivity index (χ1v) is 4.37. The first-order valence-electron chi connectivity index (χ1n) is 3.61. The lowest BCUT2D eigenvalue weighted by atomic mass is 10.2. The Balaban J connectivity index is 2.55. The van der Waals surface area contributed by atoms with Gasteiger partial charge in [-0.05, 0) is 29.8 Å². The summed E-state index contributed by atoms with van der Waals surface area (Å²) in [5, 5.41) is 7.19. The fourth-order valence-corrected chi connectivity index (χ4v) is 1.26. The number of halogens is 3. The molecule has 0 N–H and O–H groups in total. The van der Waals surface area contributed by atoms with Gasteiger partial charge in [-0.25, -0.2) is 4.39 Å². The molecule has 0 radical (unpaired) electrons. The molecule has 14 heavy (non-hydrogen) atoms. The van der Waals surface area contributed by atoms with Gasteiger partial charge in [0, 0.05) is 5.02 Å². The van der Waals surface area contributed by atoms with E-state index < -0.39 is 5.82 Å². The highest BCUT2D eigenvalue weighted by molar-refractivity contribution is 6.30. The maximum absolute atomic E-state index is 13.2. The Labute approximate surface area is 88.5 Å². The van der Waals surface area contributed by atoms with Crippen LogP contribution in [-0.2, 0) is 0 Å². The minimum atomic E-state index is -0.491. The van der Waals surface area contributed by atoms with Crippen molar-refractivity contribution in [2.24, 2.45) is 0 Å². The first-order chi connectivity index (χ1) is 6.66. The highest BCUT2D eigenvalue weighted by Crippen LogP contribution is 2.25. The van der Waals surface area contributed by atoms with Crippen LogP contribution < -0.4 is 0 Å². The van der Waals surface area contributed by atoms with Gasteiger partial charge < -0.3 is 4.42 Å². The molecule has 0 aliphatic carbocycles. The van der Waals surface area contributed by atoms with Gasteiger partial charge in [-0.3, -0.25) is 0 Å². The molecule has 0 amide bonds. The maximum atomic E-state index is 13.2. The third kappa shape index (κ3) is 1.71. The topological polar surface area (TPSA) is 38.9 Å². The van der Waals surface area contributed by atoms with E-state index in [2.05, 4.69) is 10.2 Å². The van der Waals surface area contributed by atoms with Gasteiger partial charge in [0.25, 0.3) is 5.89 Å². The molecule has 0 saturated heterocycles. The van der Waals surface area contributed by atoms with Crippen LogP contribution >= 0.6 is 23.2 Å². The average molecular weight is 233 g/mol. The second-order valence-electron chi connectivity index (χ2n) is 2.48. The lowest BCUT2D eigenvalue weighted by Crippen LogP contribution is -1.84. The van der Waals surface area contributed by atoms with Crippen LogP contribution in [-0.4, -0.2) is 10.2 Å².